The molecule has 0 aromatic heterocycles. The average Bonchev–Trinajstić information content (AvgIpc) is 2.45. The number of hydrogen-bond acceptors (Lipinski definition) is 2. The molecule has 0 aliphatic heterocycles. The Hall–Kier alpha value is -2.48. The predicted octanol–water partition coefficient (Wildman–Crippen LogP) is 4.19. The Bertz CT molecular complexity index is 642. The molecule has 0 radical (unpaired) electrons. The number of nitriles is 1. The fraction of sp³-hybridized carbons (Fsp3) is 0.133. The third-order valence-corrected chi connectivity index (χ3v) is 2.74. The van der Waals surface area contributed by atoms with E-state index >= 15 is 0 Å². The minimum atomic E-state index is -4.35. The van der Waals surface area contributed by atoms with E-state index in [0.29, 0.717) is 17.8 Å². The van der Waals surface area contributed by atoms with E-state index in [2.05, 4.69) is 5.32 Å². The quantitative estimate of drug-likeness (QED) is 0.912. The van der Waals surface area contributed by atoms with Gasteiger partial charge in [0, 0.05) is 12.2 Å². The summed E-state index contributed by atoms with van der Waals surface area (Å²) in [5, 5.41) is 11.7. The van der Waals surface area contributed by atoms with E-state index in [0.717, 1.165) is 17.7 Å². The van der Waals surface area contributed by atoms with Gasteiger partial charge >= 0.3 is 6.18 Å². The minimum absolute atomic E-state index is 0.358. The third-order valence-electron chi connectivity index (χ3n) is 2.74. The summed E-state index contributed by atoms with van der Waals surface area (Å²) in [7, 11) is 0. The van der Waals surface area contributed by atoms with E-state index in [4.69, 9.17) is 5.26 Å². The Morgan fingerprint density at radius 1 is 1.05 bits per heavy atom. The zero-order chi connectivity index (χ0) is 14.6. The lowest BCUT2D eigenvalue weighted by atomic mass is 10.1. The molecule has 2 rings (SSSR count). The van der Waals surface area contributed by atoms with Crippen molar-refractivity contribution in [2.45, 2.75) is 12.7 Å². The lowest BCUT2D eigenvalue weighted by molar-refractivity contribution is -0.137. The summed E-state index contributed by atoms with van der Waals surface area (Å²) in [4.78, 5) is 0. The molecule has 0 saturated heterocycles. The molecule has 2 aromatic carbocycles. The Labute approximate surface area is 114 Å². The van der Waals surface area contributed by atoms with Gasteiger partial charge in [-0.2, -0.15) is 18.4 Å². The molecule has 0 unspecified atom stereocenters. The Kier molecular flexibility index (Phi) is 3.94. The van der Waals surface area contributed by atoms with Gasteiger partial charge in [0.15, 0.2) is 0 Å². The predicted molar refractivity (Wildman–Crippen MR) is 69.9 cm³/mol. The standard InChI is InChI=1S/C15H11F3N2/c16-15(17,18)13-5-2-6-14(8-13)20-10-12-4-1-3-11(7-12)9-19/h1-8,20H,10H2. The highest BCUT2D eigenvalue weighted by molar-refractivity contribution is 5.47. The number of hydrogen-bond donors (Lipinski definition) is 1. The van der Waals surface area contributed by atoms with Gasteiger partial charge in [-0.15, -0.1) is 0 Å². The first-order valence-electron chi connectivity index (χ1n) is 5.89. The molecule has 0 fully saturated rings. The van der Waals surface area contributed by atoms with E-state index in [9.17, 15) is 13.2 Å². The number of rotatable bonds is 3. The van der Waals surface area contributed by atoms with Gasteiger partial charge in [0.25, 0.3) is 0 Å². The summed E-state index contributed by atoms with van der Waals surface area (Å²) in [6.45, 7) is 0.358. The molecular formula is C15H11F3N2. The maximum atomic E-state index is 12.6. The van der Waals surface area contributed by atoms with Gasteiger partial charge in [0.1, 0.15) is 0 Å². The molecule has 0 amide bonds. The van der Waals surface area contributed by atoms with E-state index in [1.54, 1.807) is 30.3 Å². The molecule has 0 aliphatic carbocycles. The van der Waals surface area contributed by atoms with Crippen molar-refractivity contribution in [2.75, 3.05) is 5.32 Å². The zero-order valence-electron chi connectivity index (χ0n) is 10.4. The van der Waals surface area contributed by atoms with Crippen molar-refractivity contribution in [1.82, 2.24) is 0 Å². The number of nitrogens with one attached hydrogen (secondary N) is 1. The van der Waals surface area contributed by atoms with E-state index < -0.39 is 11.7 Å². The van der Waals surface area contributed by atoms with Crippen molar-refractivity contribution in [2.24, 2.45) is 0 Å². The molecule has 0 atom stereocenters. The SMILES string of the molecule is N#Cc1cccc(CNc2cccc(C(F)(F)F)c2)c1. The summed E-state index contributed by atoms with van der Waals surface area (Å²) < 4.78 is 37.7. The van der Waals surface area contributed by atoms with Crippen LogP contribution in [-0.2, 0) is 12.7 Å². The molecule has 0 saturated carbocycles. The van der Waals surface area contributed by atoms with Crippen LogP contribution in [0.5, 0.6) is 0 Å². The van der Waals surface area contributed by atoms with Crippen LogP contribution in [0.25, 0.3) is 0 Å². The van der Waals surface area contributed by atoms with Gasteiger partial charge in [0.05, 0.1) is 17.2 Å². The fourth-order valence-corrected chi connectivity index (χ4v) is 1.76. The Morgan fingerprint density at radius 3 is 2.50 bits per heavy atom. The smallest absolute Gasteiger partial charge is 0.381 e. The van der Waals surface area contributed by atoms with Gasteiger partial charge in [-0.05, 0) is 35.9 Å². The topological polar surface area (TPSA) is 35.8 Å². The Balaban J connectivity index is 2.09. The van der Waals surface area contributed by atoms with Crippen LogP contribution in [0, 0.1) is 11.3 Å². The fourth-order valence-electron chi connectivity index (χ4n) is 1.76. The third kappa shape index (κ3) is 3.51. The first-order valence-corrected chi connectivity index (χ1v) is 5.89. The Morgan fingerprint density at radius 2 is 1.80 bits per heavy atom. The summed E-state index contributed by atoms with van der Waals surface area (Å²) in [5.41, 5.74) is 1.06. The van der Waals surface area contributed by atoms with E-state index in [-0.39, 0.29) is 0 Å². The number of alkyl halides is 3. The lowest BCUT2D eigenvalue weighted by Gasteiger charge is -2.10. The number of benzene rings is 2. The molecular weight excluding hydrogens is 265 g/mol. The molecule has 0 spiro atoms. The van der Waals surface area contributed by atoms with Crippen LogP contribution < -0.4 is 5.32 Å². The van der Waals surface area contributed by atoms with Crippen LogP contribution in [0.15, 0.2) is 48.5 Å². The summed E-state index contributed by atoms with van der Waals surface area (Å²) >= 11 is 0. The van der Waals surface area contributed by atoms with Crippen LogP contribution in [0.1, 0.15) is 16.7 Å². The first kappa shape index (κ1) is 13.9. The van der Waals surface area contributed by atoms with Gasteiger partial charge in [-0.1, -0.05) is 18.2 Å². The highest BCUT2D eigenvalue weighted by Gasteiger charge is 2.30. The van der Waals surface area contributed by atoms with Crippen molar-refractivity contribution in [1.29, 1.82) is 5.26 Å². The summed E-state index contributed by atoms with van der Waals surface area (Å²) in [5.74, 6) is 0. The van der Waals surface area contributed by atoms with Gasteiger partial charge in [0.2, 0.25) is 0 Å². The van der Waals surface area contributed by atoms with Crippen LogP contribution in [-0.4, -0.2) is 0 Å². The van der Waals surface area contributed by atoms with Crippen LogP contribution >= 0.6 is 0 Å². The van der Waals surface area contributed by atoms with Crippen molar-refractivity contribution in [3.63, 3.8) is 0 Å². The molecule has 0 bridgehead atoms. The summed E-state index contributed by atoms with van der Waals surface area (Å²) in [6, 6.07) is 14.0. The number of halogens is 3. The van der Waals surface area contributed by atoms with Gasteiger partial charge in [-0.3, -0.25) is 0 Å². The molecule has 102 valence electrons. The van der Waals surface area contributed by atoms with Crippen molar-refractivity contribution < 1.29 is 13.2 Å². The van der Waals surface area contributed by atoms with E-state index in [1.807, 2.05) is 6.07 Å². The molecule has 1 N–H and O–H groups in total. The van der Waals surface area contributed by atoms with Crippen molar-refractivity contribution in [3.05, 3.63) is 65.2 Å². The molecule has 5 heteroatoms. The second-order valence-corrected chi connectivity index (χ2v) is 4.24. The minimum Gasteiger partial charge on any atom is -0.381 e. The van der Waals surface area contributed by atoms with Crippen LogP contribution in [0.3, 0.4) is 0 Å². The number of nitrogens with zero attached hydrogens (tertiary/aromatic N) is 1. The average molecular weight is 276 g/mol. The second-order valence-electron chi connectivity index (χ2n) is 4.24. The normalized spacial score (nSPS) is 10.9. The van der Waals surface area contributed by atoms with Crippen LogP contribution in [0.4, 0.5) is 18.9 Å². The highest BCUT2D eigenvalue weighted by atomic mass is 19.4. The van der Waals surface area contributed by atoms with Gasteiger partial charge < -0.3 is 5.32 Å². The first-order chi connectivity index (χ1) is 9.49. The molecule has 0 aliphatic rings. The number of anilines is 1. The maximum absolute atomic E-state index is 12.6. The second kappa shape index (κ2) is 5.66. The van der Waals surface area contributed by atoms with Gasteiger partial charge in [-0.25, -0.2) is 0 Å². The summed E-state index contributed by atoms with van der Waals surface area (Å²) in [6.07, 6.45) is -4.35. The van der Waals surface area contributed by atoms with Crippen LogP contribution in [0.2, 0.25) is 0 Å². The molecule has 2 nitrogen and oxygen atoms in total. The lowest BCUT2D eigenvalue weighted by Crippen LogP contribution is -2.06. The van der Waals surface area contributed by atoms with Crippen molar-refractivity contribution in [3.8, 4) is 6.07 Å². The monoisotopic (exact) mass is 276 g/mol. The molecule has 20 heavy (non-hydrogen) atoms. The molecule has 2 aromatic rings. The zero-order valence-corrected chi connectivity index (χ0v) is 10.4. The molecule has 0 heterocycles. The highest BCUT2D eigenvalue weighted by Crippen LogP contribution is 2.30. The maximum Gasteiger partial charge on any atom is 0.416 e. The van der Waals surface area contributed by atoms with E-state index in [1.165, 1.54) is 6.07 Å². The largest absolute Gasteiger partial charge is 0.416 e. The van der Waals surface area contributed by atoms with Crippen molar-refractivity contribution >= 4 is 5.69 Å².